The molecule has 4 nitrogen and oxygen atoms in total. The molecule has 0 aromatic heterocycles. The first-order chi connectivity index (χ1) is 11.0. The van der Waals surface area contributed by atoms with E-state index in [4.69, 9.17) is 16.3 Å². The summed E-state index contributed by atoms with van der Waals surface area (Å²) in [5.41, 5.74) is 1.12. The van der Waals surface area contributed by atoms with E-state index in [1.54, 1.807) is 24.3 Å². The molecule has 0 saturated heterocycles. The monoisotopic (exact) mass is 341 g/mol. The van der Waals surface area contributed by atoms with E-state index >= 15 is 0 Å². The van der Waals surface area contributed by atoms with Crippen LogP contribution in [-0.4, -0.2) is 19.6 Å². The number of carbonyl (C=O) groups is 1. The summed E-state index contributed by atoms with van der Waals surface area (Å²) in [5, 5.41) is 3.20. The van der Waals surface area contributed by atoms with Crippen LogP contribution in [-0.2, 0) is 11.2 Å². The van der Waals surface area contributed by atoms with Crippen molar-refractivity contribution in [1.82, 2.24) is 0 Å². The van der Waals surface area contributed by atoms with Crippen molar-refractivity contribution < 1.29 is 23.0 Å². The van der Waals surface area contributed by atoms with Gasteiger partial charge in [0.25, 0.3) is 0 Å². The van der Waals surface area contributed by atoms with E-state index in [0.29, 0.717) is 10.7 Å². The Morgan fingerprint density at radius 2 is 1.87 bits per heavy atom. The molecule has 2 aromatic rings. The maximum Gasteiger partial charge on any atom is 0.387 e. The Kier molecular flexibility index (Phi) is 5.76. The van der Waals surface area contributed by atoms with Crippen molar-refractivity contribution >= 4 is 23.2 Å². The lowest BCUT2D eigenvalue weighted by molar-refractivity contribution is -0.115. The number of nitrogens with one attached hydrogen (secondary N) is 1. The van der Waals surface area contributed by atoms with E-state index in [9.17, 15) is 13.6 Å². The van der Waals surface area contributed by atoms with Gasteiger partial charge < -0.3 is 14.8 Å². The zero-order valence-corrected chi connectivity index (χ0v) is 12.9. The lowest BCUT2D eigenvalue weighted by Gasteiger charge is -2.12. The van der Waals surface area contributed by atoms with Gasteiger partial charge in [-0.05, 0) is 29.8 Å². The van der Waals surface area contributed by atoms with Gasteiger partial charge in [-0.3, -0.25) is 4.79 Å². The SMILES string of the molecule is COc1ccc(NC(=O)Cc2ccc(Cl)cc2)cc1OC(F)F. The van der Waals surface area contributed by atoms with Crippen molar-refractivity contribution in [2.24, 2.45) is 0 Å². The van der Waals surface area contributed by atoms with Crippen LogP contribution in [0, 0.1) is 0 Å². The number of alkyl halides is 2. The van der Waals surface area contributed by atoms with E-state index in [2.05, 4.69) is 10.1 Å². The Balaban J connectivity index is 2.06. The second-order valence-electron chi connectivity index (χ2n) is 4.60. The van der Waals surface area contributed by atoms with Gasteiger partial charge in [0.05, 0.1) is 13.5 Å². The molecule has 0 fully saturated rings. The van der Waals surface area contributed by atoms with Gasteiger partial charge in [0.15, 0.2) is 11.5 Å². The van der Waals surface area contributed by atoms with Crippen LogP contribution in [0.4, 0.5) is 14.5 Å². The lowest BCUT2D eigenvalue weighted by atomic mass is 10.1. The normalized spacial score (nSPS) is 10.5. The molecular formula is C16H14ClF2NO3. The highest BCUT2D eigenvalue weighted by Crippen LogP contribution is 2.31. The molecule has 122 valence electrons. The standard InChI is InChI=1S/C16H14ClF2NO3/c1-22-13-7-6-12(9-14(13)23-16(18)19)20-15(21)8-10-2-4-11(17)5-3-10/h2-7,9,16H,8H2,1H3,(H,20,21). The first-order valence-corrected chi connectivity index (χ1v) is 7.03. The van der Waals surface area contributed by atoms with Gasteiger partial charge >= 0.3 is 6.61 Å². The average molecular weight is 342 g/mol. The number of ether oxygens (including phenoxy) is 2. The number of halogens is 3. The Bertz CT molecular complexity index is 678. The summed E-state index contributed by atoms with van der Waals surface area (Å²) in [6.07, 6.45) is 0.133. The van der Waals surface area contributed by atoms with Crippen LogP contribution < -0.4 is 14.8 Å². The minimum Gasteiger partial charge on any atom is -0.493 e. The lowest BCUT2D eigenvalue weighted by Crippen LogP contribution is -2.14. The number of methoxy groups -OCH3 is 1. The van der Waals surface area contributed by atoms with E-state index in [1.807, 2.05) is 0 Å². The highest BCUT2D eigenvalue weighted by atomic mass is 35.5. The van der Waals surface area contributed by atoms with E-state index < -0.39 is 6.61 Å². The third kappa shape index (κ3) is 5.10. The number of benzene rings is 2. The summed E-state index contributed by atoms with van der Waals surface area (Å²) in [6, 6.07) is 11.1. The minimum absolute atomic E-state index is 0.133. The maximum atomic E-state index is 12.4. The Morgan fingerprint density at radius 3 is 2.48 bits per heavy atom. The van der Waals surface area contributed by atoms with E-state index in [-0.39, 0.29) is 23.8 Å². The fourth-order valence-electron chi connectivity index (χ4n) is 1.94. The fourth-order valence-corrected chi connectivity index (χ4v) is 2.06. The summed E-state index contributed by atoms with van der Waals surface area (Å²) in [7, 11) is 1.34. The van der Waals surface area contributed by atoms with Crippen LogP contribution in [0.3, 0.4) is 0 Å². The highest BCUT2D eigenvalue weighted by molar-refractivity contribution is 6.30. The van der Waals surface area contributed by atoms with Gasteiger partial charge in [0, 0.05) is 16.8 Å². The zero-order valence-electron chi connectivity index (χ0n) is 12.2. The van der Waals surface area contributed by atoms with Crippen molar-refractivity contribution in [3.8, 4) is 11.5 Å². The van der Waals surface area contributed by atoms with Crippen LogP contribution in [0.2, 0.25) is 5.02 Å². The molecule has 23 heavy (non-hydrogen) atoms. The molecule has 2 aromatic carbocycles. The van der Waals surface area contributed by atoms with Gasteiger partial charge in [-0.25, -0.2) is 0 Å². The molecule has 0 saturated carbocycles. The quantitative estimate of drug-likeness (QED) is 0.859. The number of rotatable bonds is 6. The molecule has 0 spiro atoms. The number of amides is 1. The van der Waals surface area contributed by atoms with E-state index in [0.717, 1.165) is 5.56 Å². The van der Waals surface area contributed by atoms with Crippen molar-refractivity contribution in [1.29, 1.82) is 0 Å². The number of anilines is 1. The Hall–Kier alpha value is -2.34. The van der Waals surface area contributed by atoms with Gasteiger partial charge in [-0.1, -0.05) is 23.7 Å². The molecular weight excluding hydrogens is 328 g/mol. The molecule has 1 N–H and O–H groups in total. The number of carbonyl (C=O) groups excluding carboxylic acids is 1. The van der Waals surface area contributed by atoms with Crippen LogP contribution in [0.1, 0.15) is 5.56 Å². The molecule has 0 aliphatic carbocycles. The third-order valence-electron chi connectivity index (χ3n) is 2.94. The van der Waals surface area contributed by atoms with Crippen LogP contribution in [0.15, 0.2) is 42.5 Å². The smallest absolute Gasteiger partial charge is 0.387 e. The maximum absolute atomic E-state index is 12.4. The Morgan fingerprint density at radius 1 is 1.17 bits per heavy atom. The molecule has 0 aliphatic heterocycles. The summed E-state index contributed by atoms with van der Waals surface area (Å²) in [6.45, 7) is -2.98. The van der Waals surface area contributed by atoms with Crippen LogP contribution >= 0.6 is 11.6 Å². The van der Waals surface area contributed by atoms with Crippen molar-refractivity contribution in [3.63, 3.8) is 0 Å². The van der Waals surface area contributed by atoms with Gasteiger partial charge in [-0.15, -0.1) is 0 Å². The topological polar surface area (TPSA) is 47.6 Å². The van der Waals surface area contributed by atoms with Crippen molar-refractivity contribution in [3.05, 3.63) is 53.1 Å². The summed E-state index contributed by atoms with van der Waals surface area (Å²) in [4.78, 5) is 12.0. The van der Waals surface area contributed by atoms with Gasteiger partial charge in [0.2, 0.25) is 5.91 Å². The zero-order chi connectivity index (χ0) is 16.8. The molecule has 7 heteroatoms. The number of hydrogen-bond donors (Lipinski definition) is 1. The second-order valence-corrected chi connectivity index (χ2v) is 5.03. The number of hydrogen-bond acceptors (Lipinski definition) is 3. The first kappa shape index (κ1) is 17.0. The largest absolute Gasteiger partial charge is 0.493 e. The molecule has 2 rings (SSSR count). The average Bonchev–Trinajstić information content (AvgIpc) is 2.49. The van der Waals surface area contributed by atoms with Crippen LogP contribution in [0.5, 0.6) is 11.5 Å². The highest BCUT2D eigenvalue weighted by Gasteiger charge is 2.12. The van der Waals surface area contributed by atoms with Crippen molar-refractivity contribution in [2.45, 2.75) is 13.0 Å². The molecule has 0 bridgehead atoms. The summed E-state index contributed by atoms with van der Waals surface area (Å²) >= 11 is 5.78. The molecule has 0 unspecified atom stereocenters. The van der Waals surface area contributed by atoms with Crippen molar-refractivity contribution in [2.75, 3.05) is 12.4 Å². The molecule has 1 amide bonds. The van der Waals surface area contributed by atoms with E-state index in [1.165, 1.54) is 25.3 Å². The van der Waals surface area contributed by atoms with Gasteiger partial charge in [0.1, 0.15) is 0 Å². The predicted molar refractivity (Wildman–Crippen MR) is 83.4 cm³/mol. The summed E-state index contributed by atoms with van der Waals surface area (Å²) in [5.74, 6) is -0.284. The fraction of sp³-hybridized carbons (Fsp3) is 0.188. The molecule has 0 aliphatic rings. The minimum atomic E-state index is -2.98. The molecule has 0 atom stereocenters. The molecule has 0 radical (unpaired) electrons. The predicted octanol–water partition coefficient (Wildman–Crippen LogP) is 4.13. The van der Waals surface area contributed by atoms with Crippen LogP contribution in [0.25, 0.3) is 0 Å². The van der Waals surface area contributed by atoms with Gasteiger partial charge in [-0.2, -0.15) is 8.78 Å². The Labute approximate surface area is 137 Å². The third-order valence-corrected chi connectivity index (χ3v) is 3.19. The first-order valence-electron chi connectivity index (χ1n) is 6.65. The second kappa shape index (κ2) is 7.78. The molecule has 0 heterocycles. The summed E-state index contributed by atoms with van der Waals surface area (Å²) < 4.78 is 34.0.